The third kappa shape index (κ3) is 4.37. The number of benzene rings is 1. The zero-order valence-electron chi connectivity index (χ0n) is 15.0. The maximum Gasteiger partial charge on any atom is 0.222 e. The van der Waals surface area contributed by atoms with E-state index in [1.807, 2.05) is 40.3 Å². The second-order valence-electron chi connectivity index (χ2n) is 5.66. The third-order valence-electron chi connectivity index (χ3n) is 4.02. The van der Waals surface area contributed by atoms with Crippen LogP contribution in [0.4, 0.5) is 0 Å². The molecule has 0 fully saturated rings. The normalized spacial score (nSPS) is 10.6. The molecular formula is C18H20N4O3S2. The van der Waals surface area contributed by atoms with E-state index in [2.05, 4.69) is 15.5 Å². The molecule has 3 aromatic rings. The van der Waals surface area contributed by atoms with Crippen LogP contribution in [-0.2, 0) is 17.9 Å². The molecule has 1 amide bonds. The Kier molecular flexibility index (Phi) is 6.25. The van der Waals surface area contributed by atoms with Crippen molar-refractivity contribution in [1.82, 2.24) is 20.1 Å². The lowest BCUT2D eigenvalue weighted by Crippen LogP contribution is -2.24. The highest BCUT2D eigenvalue weighted by molar-refractivity contribution is 7.71. The quantitative estimate of drug-likeness (QED) is 0.563. The van der Waals surface area contributed by atoms with Gasteiger partial charge >= 0.3 is 0 Å². The smallest absolute Gasteiger partial charge is 0.222 e. The van der Waals surface area contributed by atoms with Gasteiger partial charge in [0, 0.05) is 25.1 Å². The summed E-state index contributed by atoms with van der Waals surface area (Å²) in [6.07, 6.45) is 0.290. The first-order valence-electron chi connectivity index (χ1n) is 8.29. The number of aromatic amines is 1. The predicted molar refractivity (Wildman–Crippen MR) is 107 cm³/mol. The van der Waals surface area contributed by atoms with Crippen molar-refractivity contribution in [3.05, 3.63) is 46.0 Å². The fourth-order valence-corrected chi connectivity index (χ4v) is 3.65. The van der Waals surface area contributed by atoms with Crippen molar-refractivity contribution in [2.75, 3.05) is 14.2 Å². The van der Waals surface area contributed by atoms with Gasteiger partial charge < -0.3 is 14.8 Å². The van der Waals surface area contributed by atoms with Crippen molar-refractivity contribution in [2.24, 2.45) is 0 Å². The van der Waals surface area contributed by atoms with E-state index in [0.29, 0.717) is 35.8 Å². The van der Waals surface area contributed by atoms with Gasteiger partial charge in [-0.25, -0.2) is 0 Å². The lowest BCUT2D eigenvalue weighted by molar-refractivity contribution is -0.121. The number of ether oxygens (including phenoxy) is 2. The van der Waals surface area contributed by atoms with Gasteiger partial charge in [0.1, 0.15) is 0 Å². The molecule has 0 spiro atoms. The van der Waals surface area contributed by atoms with Crippen molar-refractivity contribution in [2.45, 2.75) is 19.5 Å². The van der Waals surface area contributed by atoms with Crippen molar-refractivity contribution >= 4 is 29.5 Å². The minimum Gasteiger partial charge on any atom is -0.493 e. The second-order valence-corrected chi connectivity index (χ2v) is 7.00. The number of H-pyrrole nitrogens is 1. The number of hydrogen-bond acceptors (Lipinski definition) is 6. The van der Waals surface area contributed by atoms with E-state index in [0.717, 1.165) is 16.3 Å². The van der Waals surface area contributed by atoms with Gasteiger partial charge in [-0.05, 0) is 29.7 Å². The highest BCUT2D eigenvalue weighted by Gasteiger charge is 2.13. The molecular weight excluding hydrogens is 384 g/mol. The fourth-order valence-electron chi connectivity index (χ4n) is 2.71. The molecule has 142 valence electrons. The van der Waals surface area contributed by atoms with E-state index in [1.165, 1.54) is 0 Å². The van der Waals surface area contributed by atoms with Crippen LogP contribution in [0.1, 0.15) is 12.0 Å². The molecule has 0 atom stereocenters. The number of hydrogen-bond donors (Lipinski definition) is 2. The summed E-state index contributed by atoms with van der Waals surface area (Å²) >= 11 is 6.86. The molecule has 0 saturated carbocycles. The van der Waals surface area contributed by atoms with Crippen LogP contribution in [0.5, 0.6) is 11.5 Å². The van der Waals surface area contributed by atoms with Crippen LogP contribution in [0.25, 0.3) is 10.7 Å². The largest absolute Gasteiger partial charge is 0.493 e. The first kappa shape index (κ1) is 19.1. The summed E-state index contributed by atoms with van der Waals surface area (Å²) in [7, 11) is 3.16. The Morgan fingerprint density at radius 1 is 1.30 bits per heavy atom. The maximum atomic E-state index is 12.3. The summed E-state index contributed by atoms with van der Waals surface area (Å²) in [5, 5.41) is 11.9. The van der Waals surface area contributed by atoms with Crippen LogP contribution >= 0.6 is 23.6 Å². The Bertz CT molecular complexity index is 963. The Hall–Kier alpha value is -2.65. The standard InChI is InChI=1S/C18H20N4O3S2/c1-24-13-6-3-5-12(16(13)25-2)11-19-15(23)8-9-22-17(20-21-18(22)26)14-7-4-10-27-14/h3-7,10H,8-9,11H2,1-2H3,(H,19,23)(H,21,26). The Morgan fingerprint density at radius 3 is 2.85 bits per heavy atom. The molecule has 9 heteroatoms. The molecule has 0 radical (unpaired) electrons. The molecule has 0 bridgehead atoms. The Morgan fingerprint density at radius 2 is 2.15 bits per heavy atom. The SMILES string of the molecule is COc1cccc(CNC(=O)CCn2c(-c3cccs3)n[nH]c2=S)c1OC. The van der Waals surface area contributed by atoms with Gasteiger partial charge in [-0.15, -0.1) is 11.3 Å². The lowest BCUT2D eigenvalue weighted by Gasteiger charge is -2.13. The van der Waals surface area contributed by atoms with Gasteiger partial charge in [0.25, 0.3) is 0 Å². The molecule has 0 unspecified atom stereocenters. The molecule has 0 aliphatic carbocycles. The van der Waals surface area contributed by atoms with E-state index in [1.54, 1.807) is 25.6 Å². The third-order valence-corrected chi connectivity index (χ3v) is 5.20. The van der Waals surface area contributed by atoms with Crippen molar-refractivity contribution < 1.29 is 14.3 Å². The minimum atomic E-state index is -0.0832. The molecule has 1 aromatic carbocycles. The number of para-hydroxylation sites is 1. The summed E-state index contributed by atoms with van der Waals surface area (Å²) in [6.45, 7) is 0.803. The van der Waals surface area contributed by atoms with E-state index in [9.17, 15) is 4.79 Å². The van der Waals surface area contributed by atoms with E-state index in [-0.39, 0.29) is 5.91 Å². The monoisotopic (exact) mass is 404 g/mol. The number of aromatic nitrogens is 3. The highest BCUT2D eigenvalue weighted by Crippen LogP contribution is 2.30. The summed E-state index contributed by atoms with van der Waals surface area (Å²) in [6, 6.07) is 9.50. The number of carbonyl (C=O) groups is 1. The van der Waals surface area contributed by atoms with Crippen LogP contribution in [0.2, 0.25) is 0 Å². The summed E-state index contributed by atoms with van der Waals surface area (Å²) in [4.78, 5) is 13.3. The van der Waals surface area contributed by atoms with Crippen LogP contribution < -0.4 is 14.8 Å². The molecule has 0 saturated heterocycles. The summed E-state index contributed by atoms with van der Waals surface area (Å²) in [5.74, 6) is 1.92. The molecule has 3 rings (SSSR count). The van der Waals surface area contributed by atoms with Crippen LogP contribution in [0.3, 0.4) is 0 Å². The molecule has 2 N–H and O–H groups in total. The molecule has 7 nitrogen and oxygen atoms in total. The lowest BCUT2D eigenvalue weighted by atomic mass is 10.2. The average molecular weight is 405 g/mol. The molecule has 2 aromatic heterocycles. The molecule has 0 aliphatic rings. The number of carbonyl (C=O) groups excluding carboxylic acids is 1. The van der Waals surface area contributed by atoms with Crippen molar-refractivity contribution in [3.8, 4) is 22.2 Å². The van der Waals surface area contributed by atoms with E-state index in [4.69, 9.17) is 21.7 Å². The number of nitrogens with zero attached hydrogens (tertiary/aromatic N) is 2. The average Bonchev–Trinajstić information content (AvgIpc) is 3.33. The fraction of sp³-hybridized carbons (Fsp3) is 0.278. The van der Waals surface area contributed by atoms with E-state index < -0.39 is 0 Å². The van der Waals surface area contributed by atoms with Gasteiger partial charge in [0.05, 0.1) is 19.1 Å². The van der Waals surface area contributed by atoms with Gasteiger partial charge in [0.15, 0.2) is 22.1 Å². The Balaban J connectivity index is 1.62. The number of nitrogens with one attached hydrogen (secondary N) is 2. The molecule has 27 heavy (non-hydrogen) atoms. The highest BCUT2D eigenvalue weighted by atomic mass is 32.1. The van der Waals surface area contributed by atoms with E-state index >= 15 is 0 Å². The first-order chi connectivity index (χ1) is 13.1. The van der Waals surface area contributed by atoms with Gasteiger partial charge in [-0.1, -0.05) is 18.2 Å². The van der Waals surface area contributed by atoms with Gasteiger partial charge in [-0.3, -0.25) is 14.5 Å². The van der Waals surface area contributed by atoms with Crippen molar-refractivity contribution in [3.63, 3.8) is 0 Å². The zero-order chi connectivity index (χ0) is 19.2. The number of rotatable bonds is 8. The van der Waals surface area contributed by atoms with Crippen LogP contribution in [0.15, 0.2) is 35.7 Å². The van der Waals surface area contributed by atoms with Crippen LogP contribution in [0, 0.1) is 4.77 Å². The molecule has 2 heterocycles. The molecule has 0 aliphatic heterocycles. The number of amides is 1. The van der Waals surface area contributed by atoms with Crippen molar-refractivity contribution in [1.29, 1.82) is 0 Å². The second kappa shape index (κ2) is 8.83. The summed E-state index contributed by atoms with van der Waals surface area (Å²) in [5.41, 5.74) is 0.851. The maximum absolute atomic E-state index is 12.3. The van der Waals surface area contributed by atoms with Gasteiger partial charge in [0.2, 0.25) is 5.91 Å². The predicted octanol–water partition coefficient (Wildman–Crippen LogP) is 3.39. The Labute approximate surface area is 165 Å². The minimum absolute atomic E-state index is 0.0832. The van der Waals surface area contributed by atoms with Crippen LogP contribution in [-0.4, -0.2) is 34.9 Å². The summed E-state index contributed by atoms with van der Waals surface area (Å²) < 4.78 is 13.0. The number of thiophene rings is 1. The van der Waals surface area contributed by atoms with Gasteiger partial charge in [-0.2, -0.15) is 5.10 Å². The number of methoxy groups -OCH3 is 2. The topological polar surface area (TPSA) is 81.2 Å². The first-order valence-corrected chi connectivity index (χ1v) is 9.58. The zero-order valence-corrected chi connectivity index (χ0v) is 16.7.